The average Bonchev–Trinajstić information content (AvgIpc) is 3.24. The van der Waals surface area contributed by atoms with Gasteiger partial charge in [0.15, 0.2) is 0 Å². The van der Waals surface area contributed by atoms with E-state index < -0.39 is 0 Å². The number of rotatable bonds is 4. The van der Waals surface area contributed by atoms with Gasteiger partial charge < -0.3 is 4.42 Å². The van der Waals surface area contributed by atoms with Crippen molar-refractivity contribution in [1.82, 2.24) is 4.90 Å². The second kappa shape index (κ2) is 7.99. The summed E-state index contributed by atoms with van der Waals surface area (Å²) >= 11 is 10.3. The Bertz CT molecular complexity index is 1090. The maximum Gasteiger partial charge on any atom is 0.293 e. The third-order valence-electron chi connectivity index (χ3n) is 4.19. The fourth-order valence-electron chi connectivity index (χ4n) is 2.76. The first-order valence-corrected chi connectivity index (χ1v) is 10.3. The zero-order valence-electron chi connectivity index (χ0n) is 14.4. The summed E-state index contributed by atoms with van der Waals surface area (Å²) < 4.78 is 6.66. The molecule has 1 fully saturated rings. The fraction of sp³-hybridized carbons (Fsp3) is 0.0476. The molecule has 2 amide bonds. The summed E-state index contributed by atoms with van der Waals surface area (Å²) in [5.74, 6) is 0.849. The molecule has 1 aromatic heterocycles. The largest absolute Gasteiger partial charge is 0.457 e. The van der Waals surface area contributed by atoms with Gasteiger partial charge in [-0.05, 0) is 59.8 Å². The lowest BCUT2D eigenvalue weighted by Crippen LogP contribution is -2.27. The quantitative estimate of drug-likeness (QED) is 0.400. The number of halogens is 2. The molecule has 1 saturated heterocycles. The summed E-state index contributed by atoms with van der Waals surface area (Å²) in [5, 5.41) is 0.353. The van der Waals surface area contributed by atoms with Crippen molar-refractivity contribution in [2.75, 3.05) is 0 Å². The molecular weight excluding hydrogens is 462 g/mol. The minimum Gasteiger partial charge on any atom is -0.457 e. The van der Waals surface area contributed by atoms with E-state index in [2.05, 4.69) is 15.9 Å². The molecule has 4 nitrogen and oxygen atoms in total. The standard InChI is InChI=1S/C21H13BrClNO3S/c22-17-4-2-1-3-14(17)12-24-20(25)19(28-21(24)26)11-16-9-10-18(27-16)13-5-7-15(23)8-6-13/h1-11H,12H2/b19-11-. The molecule has 1 aliphatic heterocycles. The average molecular weight is 475 g/mol. The number of furan rings is 1. The Labute approximate surface area is 179 Å². The lowest BCUT2D eigenvalue weighted by molar-refractivity contribution is -0.123. The highest BCUT2D eigenvalue weighted by atomic mass is 79.9. The lowest BCUT2D eigenvalue weighted by atomic mass is 10.2. The number of thioether (sulfide) groups is 1. The molecule has 0 unspecified atom stereocenters. The molecule has 0 aliphatic carbocycles. The van der Waals surface area contributed by atoms with E-state index >= 15 is 0 Å². The zero-order valence-corrected chi connectivity index (χ0v) is 17.6. The van der Waals surface area contributed by atoms with Crippen LogP contribution in [0.1, 0.15) is 11.3 Å². The van der Waals surface area contributed by atoms with Crippen molar-refractivity contribution < 1.29 is 14.0 Å². The zero-order chi connectivity index (χ0) is 19.7. The van der Waals surface area contributed by atoms with E-state index in [1.165, 1.54) is 4.90 Å². The predicted molar refractivity (Wildman–Crippen MR) is 115 cm³/mol. The number of hydrogen-bond donors (Lipinski definition) is 0. The van der Waals surface area contributed by atoms with Gasteiger partial charge in [-0.1, -0.05) is 45.7 Å². The first-order chi connectivity index (χ1) is 13.5. The van der Waals surface area contributed by atoms with Crippen LogP contribution in [0.15, 0.2) is 74.5 Å². The number of carbonyl (C=O) groups excluding carboxylic acids is 2. The number of hydrogen-bond acceptors (Lipinski definition) is 4. The molecule has 2 aromatic carbocycles. The minimum atomic E-state index is -0.324. The van der Waals surface area contributed by atoms with Gasteiger partial charge in [0.05, 0.1) is 11.4 Å². The summed E-state index contributed by atoms with van der Waals surface area (Å²) in [6.07, 6.45) is 1.60. The molecule has 0 bridgehead atoms. The summed E-state index contributed by atoms with van der Waals surface area (Å²) in [5.41, 5.74) is 1.75. The van der Waals surface area contributed by atoms with Crippen LogP contribution >= 0.6 is 39.3 Å². The molecule has 3 aromatic rings. The second-order valence-corrected chi connectivity index (χ2v) is 8.35. The maximum atomic E-state index is 12.7. The monoisotopic (exact) mass is 473 g/mol. The minimum absolute atomic E-state index is 0.220. The van der Waals surface area contributed by atoms with E-state index in [4.69, 9.17) is 16.0 Å². The van der Waals surface area contributed by atoms with Gasteiger partial charge in [0.25, 0.3) is 11.1 Å². The van der Waals surface area contributed by atoms with E-state index in [9.17, 15) is 9.59 Å². The Morgan fingerprint density at radius 1 is 1.04 bits per heavy atom. The predicted octanol–water partition coefficient (Wildman–Crippen LogP) is 6.60. The lowest BCUT2D eigenvalue weighted by Gasteiger charge is -2.13. The van der Waals surface area contributed by atoms with Crippen LogP contribution in [0.5, 0.6) is 0 Å². The molecule has 1 aliphatic rings. The van der Waals surface area contributed by atoms with Gasteiger partial charge in [-0.2, -0.15) is 0 Å². The summed E-state index contributed by atoms with van der Waals surface area (Å²) in [6.45, 7) is 0.220. The van der Waals surface area contributed by atoms with E-state index in [1.807, 2.05) is 42.5 Å². The highest BCUT2D eigenvalue weighted by Crippen LogP contribution is 2.35. The molecule has 7 heteroatoms. The van der Waals surface area contributed by atoms with Crippen LogP contribution in [0.3, 0.4) is 0 Å². The van der Waals surface area contributed by atoms with Gasteiger partial charge in [-0.25, -0.2) is 0 Å². The van der Waals surface area contributed by atoms with Crippen LogP contribution in [-0.2, 0) is 11.3 Å². The Kier molecular flexibility index (Phi) is 5.44. The van der Waals surface area contributed by atoms with Crippen molar-refractivity contribution >= 4 is 56.5 Å². The van der Waals surface area contributed by atoms with Crippen molar-refractivity contribution in [2.45, 2.75) is 6.54 Å². The number of benzene rings is 2. The smallest absolute Gasteiger partial charge is 0.293 e. The van der Waals surface area contributed by atoms with Crippen LogP contribution in [0, 0.1) is 0 Å². The van der Waals surface area contributed by atoms with Crippen LogP contribution in [-0.4, -0.2) is 16.0 Å². The number of imide groups is 1. The number of amides is 2. The summed E-state index contributed by atoms with van der Waals surface area (Å²) in [7, 11) is 0. The molecule has 28 heavy (non-hydrogen) atoms. The Morgan fingerprint density at radius 3 is 2.54 bits per heavy atom. The number of carbonyl (C=O) groups is 2. The van der Waals surface area contributed by atoms with Gasteiger partial charge in [0.1, 0.15) is 11.5 Å². The third kappa shape index (κ3) is 3.94. The number of nitrogens with zero attached hydrogens (tertiary/aromatic N) is 1. The van der Waals surface area contributed by atoms with Gasteiger partial charge >= 0.3 is 0 Å². The van der Waals surface area contributed by atoms with E-state index in [0.29, 0.717) is 21.4 Å². The molecule has 0 spiro atoms. The van der Waals surface area contributed by atoms with Gasteiger partial charge in [0, 0.05) is 21.1 Å². The highest BCUT2D eigenvalue weighted by molar-refractivity contribution is 9.10. The van der Waals surface area contributed by atoms with Crippen molar-refractivity contribution in [2.24, 2.45) is 0 Å². The van der Waals surface area contributed by atoms with E-state index in [1.54, 1.807) is 24.3 Å². The van der Waals surface area contributed by atoms with Crippen LogP contribution in [0.25, 0.3) is 17.4 Å². The molecule has 4 rings (SSSR count). The van der Waals surface area contributed by atoms with Crippen LogP contribution in [0.2, 0.25) is 5.02 Å². The van der Waals surface area contributed by atoms with Crippen molar-refractivity contribution in [3.8, 4) is 11.3 Å². The topological polar surface area (TPSA) is 50.5 Å². The SMILES string of the molecule is O=C1S/C(=C\c2ccc(-c3ccc(Cl)cc3)o2)C(=O)N1Cc1ccccc1Br. The molecule has 140 valence electrons. The van der Waals surface area contributed by atoms with Crippen LogP contribution in [0.4, 0.5) is 4.79 Å². The highest BCUT2D eigenvalue weighted by Gasteiger charge is 2.35. The second-order valence-electron chi connectivity index (χ2n) is 6.07. The summed E-state index contributed by atoms with van der Waals surface area (Å²) in [6, 6.07) is 18.4. The first-order valence-electron chi connectivity index (χ1n) is 8.36. The Hall–Kier alpha value is -2.28. The Morgan fingerprint density at radius 2 is 1.79 bits per heavy atom. The van der Waals surface area contributed by atoms with Gasteiger partial charge in [-0.15, -0.1) is 0 Å². The van der Waals surface area contributed by atoms with Crippen molar-refractivity contribution in [3.05, 3.63) is 86.4 Å². The molecule has 0 radical (unpaired) electrons. The van der Waals surface area contributed by atoms with Gasteiger partial charge in [-0.3, -0.25) is 14.5 Å². The molecule has 2 heterocycles. The molecule has 0 atom stereocenters. The molecule has 0 saturated carbocycles. The van der Waals surface area contributed by atoms with Crippen molar-refractivity contribution in [1.29, 1.82) is 0 Å². The van der Waals surface area contributed by atoms with Crippen molar-refractivity contribution in [3.63, 3.8) is 0 Å². The van der Waals surface area contributed by atoms with E-state index in [0.717, 1.165) is 27.4 Å². The fourth-order valence-corrected chi connectivity index (χ4v) is 4.12. The Balaban J connectivity index is 1.54. The normalized spacial score (nSPS) is 15.6. The first kappa shape index (κ1) is 19.1. The van der Waals surface area contributed by atoms with Gasteiger partial charge in [0.2, 0.25) is 0 Å². The van der Waals surface area contributed by atoms with Crippen LogP contribution < -0.4 is 0 Å². The summed E-state index contributed by atoms with van der Waals surface area (Å²) in [4.78, 5) is 26.6. The molecular formula is C21H13BrClNO3S. The maximum absolute atomic E-state index is 12.7. The molecule has 0 N–H and O–H groups in total. The third-order valence-corrected chi connectivity index (χ3v) is 6.12. The van der Waals surface area contributed by atoms with E-state index in [-0.39, 0.29) is 17.7 Å².